The molecule has 1 aliphatic rings. The minimum Gasteiger partial charge on any atom is -0.455 e. The molecule has 102 valence electrons. The van der Waals surface area contributed by atoms with Crippen LogP contribution in [0.3, 0.4) is 0 Å². The molecular formula is C14H16ClNO3. The number of ether oxygens (including phenoxy) is 1. The molecule has 1 N–H and O–H groups in total. The van der Waals surface area contributed by atoms with E-state index in [-0.39, 0.29) is 30.4 Å². The van der Waals surface area contributed by atoms with Crippen LogP contribution in [-0.4, -0.2) is 18.5 Å². The van der Waals surface area contributed by atoms with Crippen molar-refractivity contribution in [1.29, 1.82) is 0 Å². The van der Waals surface area contributed by atoms with Crippen molar-refractivity contribution in [3.8, 4) is 0 Å². The SMILES string of the molecule is C[C@H](NC(=O)COC(=O)C1CC1)c1cccc(Cl)c1. The first-order valence-electron chi connectivity index (χ1n) is 6.27. The zero-order valence-electron chi connectivity index (χ0n) is 10.7. The molecule has 2 rings (SSSR count). The Morgan fingerprint density at radius 3 is 2.84 bits per heavy atom. The van der Waals surface area contributed by atoms with Crippen molar-refractivity contribution in [3.63, 3.8) is 0 Å². The maximum Gasteiger partial charge on any atom is 0.309 e. The number of carbonyl (C=O) groups excluding carboxylic acids is 2. The van der Waals surface area contributed by atoms with Crippen molar-refractivity contribution in [1.82, 2.24) is 5.32 Å². The number of nitrogens with one attached hydrogen (secondary N) is 1. The van der Waals surface area contributed by atoms with Crippen LogP contribution in [0.2, 0.25) is 5.02 Å². The third-order valence-electron chi connectivity index (χ3n) is 2.98. The lowest BCUT2D eigenvalue weighted by atomic mass is 10.1. The largest absolute Gasteiger partial charge is 0.455 e. The Hall–Kier alpha value is -1.55. The Morgan fingerprint density at radius 2 is 2.21 bits per heavy atom. The third-order valence-corrected chi connectivity index (χ3v) is 3.22. The Morgan fingerprint density at radius 1 is 1.47 bits per heavy atom. The van der Waals surface area contributed by atoms with Gasteiger partial charge in [0.2, 0.25) is 0 Å². The average Bonchev–Trinajstić information content (AvgIpc) is 3.20. The Bertz CT molecular complexity index is 485. The normalized spacial score (nSPS) is 15.7. The summed E-state index contributed by atoms with van der Waals surface area (Å²) in [5.74, 6) is -0.565. The second kappa shape index (κ2) is 6.06. The molecule has 0 unspecified atom stereocenters. The Labute approximate surface area is 117 Å². The van der Waals surface area contributed by atoms with E-state index in [0.717, 1.165) is 18.4 Å². The molecule has 5 heteroatoms. The Balaban J connectivity index is 1.79. The number of carbonyl (C=O) groups is 2. The second-order valence-electron chi connectivity index (χ2n) is 4.73. The van der Waals surface area contributed by atoms with E-state index in [2.05, 4.69) is 5.32 Å². The van der Waals surface area contributed by atoms with Crippen LogP contribution >= 0.6 is 11.6 Å². The molecule has 0 aromatic heterocycles. The van der Waals surface area contributed by atoms with Crippen LogP contribution in [0.1, 0.15) is 31.4 Å². The van der Waals surface area contributed by atoms with E-state index in [1.807, 2.05) is 19.1 Å². The van der Waals surface area contributed by atoms with Crippen LogP contribution in [0.4, 0.5) is 0 Å². The molecule has 0 radical (unpaired) electrons. The van der Waals surface area contributed by atoms with Gasteiger partial charge in [-0.3, -0.25) is 9.59 Å². The van der Waals surface area contributed by atoms with Crippen LogP contribution in [0, 0.1) is 5.92 Å². The van der Waals surface area contributed by atoms with E-state index in [9.17, 15) is 9.59 Å². The molecule has 0 spiro atoms. The van der Waals surface area contributed by atoms with Gasteiger partial charge in [-0.15, -0.1) is 0 Å². The van der Waals surface area contributed by atoms with Gasteiger partial charge in [0.05, 0.1) is 12.0 Å². The summed E-state index contributed by atoms with van der Waals surface area (Å²) in [4.78, 5) is 22.9. The predicted molar refractivity (Wildman–Crippen MR) is 71.7 cm³/mol. The first kappa shape index (κ1) is 13.9. The van der Waals surface area contributed by atoms with Gasteiger partial charge >= 0.3 is 5.97 Å². The highest BCUT2D eigenvalue weighted by atomic mass is 35.5. The summed E-state index contributed by atoms with van der Waals surface area (Å²) in [6, 6.07) is 7.10. The summed E-state index contributed by atoms with van der Waals surface area (Å²) < 4.78 is 4.91. The lowest BCUT2D eigenvalue weighted by molar-refractivity contribution is -0.150. The highest BCUT2D eigenvalue weighted by Gasteiger charge is 2.31. The lowest BCUT2D eigenvalue weighted by Gasteiger charge is -2.14. The summed E-state index contributed by atoms with van der Waals surface area (Å²) in [5.41, 5.74) is 0.911. The second-order valence-corrected chi connectivity index (χ2v) is 5.16. The van der Waals surface area contributed by atoms with Crippen molar-refractivity contribution in [2.45, 2.75) is 25.8 Å². The summed E-state index contributed by atoms with van der Waals surface area (Å²) in [6.07, 6.45) is 1.75. The van der Waals surface area contributed by atoms with E-state index in [0.29, 0.717) is 5.02 Å². The topological polar surface area (TPSA) is 55.4 Å². The average molecular weight is 282 g/mol. The molecule has 0 saturated heterocycles. The van der Waals surface area contributed by atoms with E-state index in [1.165, 1.54) is 0 Å². The molecule has 1 aliphatic carbocycles. The standard InChI is InChI=1S/C14H16ClNO3/c1-9(11-3-2-4-12(15)7-11)16-13(17)8-19-14(18)10-5-6-10/h2-4,7,9-10H,5-6,8H2,1H3,(H,16,17)/t9-/m0/s1. The van der Waals surface area contributed by atoms with Gasteiger partial charge in [0.25, 0.3) is 5.91 Å². The van der Waals surface area contributed by atoms with E-state index >= 15 is 0 Å². The first-order valence-corrected chi connectivity index (χ1v) is 6.65. The van der Waals surface area contributed by atoms with Crippen molar-refractivity contribution in [2.24, 2.45) is 5.92 Å². The zero-order chi connectivity index (χ0) is 13.8. The molecular weight excluding hydrogens is 266 g/mol. The van der Waals surface area contributed by atoms with Crippen molar-refractivity contribution < 1.29 is 14.3 Å². The number of esters is 1. The molecule has 1 atom stereocenters. The number of rotatable bonds is 5. The minimum atomic E-state index is -0.304. The fourth-order valence-corrected chi connectivity index (χ4v) is 1.91. The molecule has 1 aromatic carbocycles. The molecule has 1 amide bonds. The number of hydrogen-bond donors (Lipinski definition) is 1. The maximum atomic E-state index is 11.6. The van der Waals surface area contributed by atoms with Crippen LogP contribution in [0.15, 0.2) is 24.3 Å². The van der Waals surface area contributed by atoms with Gasteiger partial charge < -0.3 is 10.1 Å². The number of benzene rings is 1. The Kier molecular flexibility index (Phi) is 4.43. The van der Waals surface area contributed by atoms with Crippen LogP contribution in [0.5, 0.6) is 0 Å². The van der Waals surface area contributed by atoms with Crippen LogP contribution < -0.4 is 5.32 Å². The third kappa shape index (κ3) is 4.24. The lowest BCUT2D eigenvalue weighted by Crippen LogP contribution is -2.31. The summed E-state index contributed by atoms with van der Waals surface area (Å²) in [7, 11) is 0. The van der Waals surface area contributed by atoms with Crippen LogP contribution in [-0.2, 0) is 14.3 Å². The van der Waals surface area contributed by atoms with Crippen molar-refractivity contribution in [3.05, 3.63) is 34.9 Å². The summed E-state index contributed by atoms with van der Waals surface area (Å²) in [6.45, 7) is 1.63. The fraction of sp³-hybridized carbons (Fsp3) is 0.429. The molecule has 0 bridgehead atoms. The van der Waals surface area contributed by atoms with Gasteiger partial charge in [-0.1, -0.05) is 23.7 Å². The molecule has 19 heavy (non-hydrogen) atoms. The van der Waals surface area contributed by atoms with Crippen molar-refractivity contribution in [2.75, 3.05) is 6.61 Å². The molecule has 0 heterocycles. The monoisotopic (exact) mass is 281 g/mol. The van der Waals surface area contributed by atoms with E-state index in [4.69, 9.17) is 16.3 Å². The summed E-state index contributed by atoms with van der Waals surface area (Å²) in [5, 5.41) is 3.39. The number of hydrogen-bond acceptors (Lipinski definition) is 3. The maximum absolute atomic E-state index is 11.6. The van der Waals surface area contributed by atoms with Gasteiger partial charge in [0.1, 0.15) is 0 Å². The van der Waals surface area contributed by atoms with Gasteiger partial charge in [0, 0.05) is 5.02 Å². The number of halogens is 1. The molecule has 1 saturated carbocycles. The zero-order valence-corrected chi connectivity index (χ0v) is 11.4. The summed E-state index contributed by atoms with van der Waals surface area (Å²) >= 11 is 5.89. The first-order chi connectivity index (χ1) is 9.06. The van der Waals surface area contributed by atoms with Gasteiger partial charge in [-0.05, 0) is 37.5 Å². The molecule has 0 aliphatic heterocycles. The van der Waals surface area contributed by atoms with E-state index in [1.54, 1.807) is 12.1 Å². The van der Waals surface area contributed by atoms with Gasteiger partial charge in [0.15, 0.2) is 6.61 Å². The number of amides is 1. The van der Waals surface area contributed by atoms with Crippen molar-refractivity contribution >= 4 is 23.5 Å². The smallest absolute Gasteiger partial charge is 0.309 e. The molecule has 1 aromatic rings. The van der Waals surface area contributed by atoms with Crippen LogP contribution in [0.25, 0.3) is 0 Å². The molecule has 1 fully saturated rings. The van der Waals surface area contributed by atoms with Gasteiger partial charge in [-0.2, -0.15) is 0 Å². The highest BCUT2D eigenvalue weighted by molar-refractivity contribution is 6.30. The predicted octanol–water partition coefficient (Wildman–Crippen LogP) is 2.47. The fourth-order valence-electron chi connectivity index (χ4n) is 1.72. The minimum absolute atomic E-state index is 0.0122. The highest BCUT2D eigenvalue weighted by Crippen LogP contribution is 2.29. The van der Waals surface area contributed by atoms with Gasteiger partial charge in [-0.25, -0.2) is 0 Å². The van der Waals surface area contributed by atoms with E-state index < -0.39 is 0 Å². The quantitative estimate of drug-likeness (QED) is 0.844. The molecule has 4 nitrogen and oxygen atoms in total.